The molecule has 16 heavy (non-hydrogen) atoms. The first-order valence-corrected chi connectivity index (χ1v) is 6.30. The molecule has 2 N–H and O–H groups in total. The summed E-state index contributed by atoms with van der Waals surface area (Å²) in [4.78, 5) is 2.37. The van der Waals surface area contributed by atoms with Gasteiger partial charge in [-0.25, -0.2) is 0 Å². The molecule has 3 heteroatoms. The van der Waals surface area contributed by atoms with Crippen molar-refractivity contribution in [2.75, 3.05) is 13.1 Å². The summed E-state index contributed by atoms with van der Waals surface area (Å²) in [7, 11) is 0. The van der Waals surface area contributed by atoms with E-state index in [1.165, 1.54) is 0 Å². The summed E-state index contributed by atoms with van der Waals surface area (Å²) < 4.78 is 0. The van der Waals surface area contributed by atoms with Crippen LogP contribution in [0.25, 0.3) is 0 Å². The highest BCUT2D eigenvalue weighted by atomic mass is 15.2. The lowest BCUT2D eigenvalue weighted by Crippen LogP contribution is -2.51. The van der Waals surface area contributed by atoms with E-state index in [1.54, 1.807) is 0 Å². The van der Waals surface area contributed by atoms with Gasteiger partial charge in [-0.3, -0.25) is 4.90 Å². The largest absolute Gasteiger partial charge is 0.313 e. The Morgan fingerprint density at radius 2 is 1.81 bits per heavy atom. The summed E-state index contributed by atoms with van der Waals surface area (Å²) in [6.45, 7) is 12.3. The van der Waals surface area contributed by atoms with Crippen molar-refractivity contribution in [2.24, 2.45) is 11.7 Å². The molecule has 0 rings (SSSR count). The van der Waals surface area contributed by atoms with Gasteiger partial charge in [0.15, 0.2) is 0 Å². The van der Waals surface area contributed by atoms with Crippen molar-refractivity contribution in [3.8, 4) is 6.07 Å². The Bertz CT molecular complexity index is 224. The van der Waals surface area contributed by atoms with E-state index in [1.807, 2.05) is 6.92 Å². The van der Waals surface area contributed by atoms with Crippen LogP contribution in [0.5, 0.6) is 0 Å². The number of nitriles is 1. The minimum absolute atomic E-state index is 0.540. The van der Waals surface area contributed by atoms with Crippen molar-refractivity contribution in [1.29, 1.82) is 5.26 Å². The molecule has 0 aliphatic rings. The molecule has 0 aromatic heterocycles. The molecular weight excluding hydrogens is 198 g/mol. The van der Waals surface area contributed by atoms with E-state index in [0.29, 0.717) is 18.5 Å². The third-order valence-electron chi connectivity index (χ3n) is 2.85. The van der Waals surface area contributed by atoms with Gasteiger partial charge in [0.2, 0.25) is 0 Å². The summed E-state index contributed by atoms with van der Waals surface area (Å²) >= 11 is 0. The van der Waals surface area contributed by atoms with Crippen LogP contribution in [-0.4, -0.2) is 29.6 Å². The highest BCUT2D eigenvalue weighted by Crippen LogP contribution is 2.14. The Kier molecular flexibility index (Phi) is 6.62. The molecule has 0 saturated carbocycles. The number of nitrogens with two attached hydrogens (primary N) is 1. The van der Waals surface area contributed by atoms with E-state index in [9.17, 15) is 0 Å². The van der Waals surface area contributed by atoms with E-state index in [2.05, 4.69) is 38.7 Å². The van der Waals surface area contributed by atoms with Gasteiger partial charge in [-0.2, -0.15) is 5.26 Å². The number of hydrogen-bond donors (Lipinski definition) is 1. The van der Waals surface area contributed by atoms with Crippen LogP contribution >= 0.6 is 0 Å². The predicted molar refractivity (Wildman–Crippen MR) is 69.0 cm³/mol. The average molecular weight is 225 g/mol. The molecule has 0 saturated heterocycles. The van der Waals surface area contributed by atoms with Gasteiger partial charge in [0, 0.05) is 19.1 Å². The standard InChI is InChI=1S/C13H27N3/c1-6-12(7-2)16(8-11(3)4)10-13(5,15)9-14/h11-12H,6-8,10,15H2,1-5H3. The quantitative estimate of drug-likeness (QED) is 0.723. The van der Waals surface area contributed by atoms with Crippen LogP contribution in [-0.2, 0) is 0 Å². The van der Waals surface area contributed by atoms with Crippen molar-refractivity contribution in [2.45, 2.75) is 59.0 Å². The summed E-state index contributed by atoms with van der Waals surface area (Å²) in [6.07, 6.45) is 2.23. The summed E-state index contributed by atoms with van der Waals surface area (Å²) in [5, 5.41) is 9.00. The SMILES string of the molecule is CCC(CC)N(CC(C)C)CC(C)(N)C#N. The van der Waals surface area contributed by atoms with Gasteiger partial charge in [0.25, 0.3) is 0 Å². The molecule has 1 atom stereocenters. The monoisotopic (exact) mass is 225 g/mol. The molecule has 0 amide bonds. The first kappa shape index (κ1) is 15.4. The molecule has 0 radical (unpaired) electrons. The Balaban J connectivity index is 4.61. The van der Waals surface area contributed by atoms with Crippen molar-refractivity contribution in [3.63, 3.8) is 0 Å². The maximum atomic E-state index is 9.00. The van der Waals surface area contributed by atoms with E-state index in [0.717, 1.165) is 19.4 Å². The van der Waals surface area contributed by atoms with Gasteiger partial charge in [0.05, 0.1) is 6.07 Å². The third kappa shape index (κ3) is 5.48. The van der Waals surface area contributed by atoms with E-state index >= 15 is 0 Å². The van der Waals surface area contributed by atoms with Crippen molar-refractivity contribution in [1.82, 2.24) is 4.90 Å². The van der Waals surface area contributed by atoms with E-state index in [4.69, 9.17) is 11.0 Å². The molecule has 0 aromatic carbocycles. The molecule has 0 aromatic rings. The molecule has 94 valence electrons. The van der Waals surface area contributed by atoms with Crippen LogP contribution in [0.2, 0.25) is 0 Å². The molecule has 1 unspecified atom stereocenters. The van der Waals surface area contributed by atoms with Gasteiger partial charge in [0.1, 0.15) is 5.54 Å². The molecule has 0 aliphatic carbocycles. The summed E-state index contributed by atoms with van der Waals surface area (Å²) in [5.74, 6) is 0.607. The zero-order valence-corrected chi connectivity index (χ0v) is 11.5. The maximum absolute atomic E-state index is 9.00. The molecule has 0 aliphatic heterocycles. The highest BCUT2D eigenvalue weighted by Gasteiger charge is 2.25. The number of hydrogen-bond acceptors (Lipinski definition) is 3. The van der Waals surface area contributed by atoms with E-state index in [-0.39, 0.29) is 0 Å². The second-order valence-corrected chi connectivity index (χ2v) is 5.32. The topological polar surface area (TPSA) is 53.0 Å². The van der Waals surface area contributed by atoms with Crippen LogP contribution in [0.4, 0.5) is 0 Å². The zero-order valence-electron chi connectivity index (χ0n) is 11.5. The Morgan fingerprint density at radius 3 is 2.12 bits per heavy atom. The molecule has 0 bridgehead atoms. The van der Waals surface area contributed by atoms with E-state index < -0.39 is 5.54 Å². The zero-order chi connectivity index (χ0) is 12.8. The third-order valence-corrected chi connectivity index (χ3v) is 2.85. The number of rotatable bonds is 7. The molecule has 0 heterocycles. The van der Waals surface area contributed by atoms with Gasteiger partial charge < -0.3 is 5.73 Å². The first-order valence-electron chi connectivity index (χ1n) is 6.30. The average Bonchev–Trinajstić information content (AvgIpc) is 2.18. The second kappa shape index (κ2) is 6.88. The number of nitrogens with zero attached hydrogens (tertiary/aromatic N) is 2. The lowest BCUT2D eigenvalue weighted by Gasteiger charge is -2.35. The van der Waals surface area contributed by atoms with Crippen LogP contribution in [0.15, 0.2) is 0 Å². The van der Waals surface area contributed by atoms with Crippen LogP contribution in [0.3, 0.4) is 0 Å². The molecule has 0 fully saturated rings. The predicted octanol–water partition coefficient (Wildman–Crippen LogP) is 2.37. The van der Waals surface area contributed by atoms with Crippen molar-refractivity contribution >= 4 is 0 Å². The van der Waals surface area contributed by atoms with Gasteiger partial charge >= 0.3 is 0 Å². The lowest BCUT2D eigenvalue weighted by molar-refractivity contribution is 0.146. The molecule has 0 spiro atoms. The lowest BCUT2D eigenvalue weighted by atomic mass is 10.0. The minimum Gasteiger partial charge on any atom is -0.313 e. The van der Waals surface area contributed by atoms with Crippen molar-refractivity contribution < 1.29 is 0 Å². The van der Waals surface area contributed by atoms with Gasteiger partial charge in [-0.1, -0.05) is 27.7 Å². The fourth-order valence-electron chi connectivity index (χ4n) is 2.07. The van der Waals surface area contributed by atoms with Crippen LogP contribution in [0, 0.1) is 17.2 Å². The Labute approximate surface area is 101 Å². The fourth-order valence-corrected chi connectivity index (χ4v) is 2.07. The maximum Gasteiger partial charge on any atom is 0.114 e. The Morgan fingerprint density at radius 1 is 1.31 bits per heavy atom. The van der Waals surface area contributed by atoms with Gasteiger partial charge in [-0.15, -0.1) is 0 Å². The van der Waals surface area contributed by atoms with Crippen LogP contribution < -0.4 is 5.73 Å². The Hall–Kier alpha value is -0.590. The minimum atomic E-state index is -0.739. The first-order chi connectivity index (χ1) is 7.36. The molecule has 3 nitrogen and oxygen atoms in total. The highest BCUT2D eigenvalue weighted by molar-refractivity contribution is 5.03. The van der Waals surface area contributed by atoms with Gasteiger partial charge in [-0.05, 0) is 25.7 Å². The summed E-state index contributed by atoms with van der Waals surface area (Å²) in [6, 6.07) is 2.72. The van der Waals surface area contributed by atoms with Crippen molar-refractivity contribution in [3.05, 3.63) is 0 Å². The smallest absolute Gasteiger partial charge is 0.114 e. The fraction of sp³-hybridized carbons (Fsp3) is 0.923. The normalized spacial score (nSPS) is 15.5. The second-order valence-electron chi connectivity index (χ2n) is 5.32. The van der Waals surface area contributed by atoms with Crippen LogP contribution in [0.1, 0.15) is 47.5 Å². The molecular formula is C13H27N3. The summed E-state index contributed by atoms with van der Waals surface area (Å²) in [5.41, 5.74) is 5.20.